The summed E-state index contributed by atoms with van der Waals surface area (Å²) in [6.45, 7) is 5.10. The first-order valence-electron chi connectivity index (χ1n) is 5.29. The highest BCUT2D eigenvalue weighted by atomic mass is 32.2. The molecule has 0 saturated heterocycles. The Kier molecular flexibility index (Phi) is 3.95. The molecule has 14 heavy (non-hydrogen) atoms. The number of hydrogen-bond acceptors (Lipinski definition) is 3. The molecule has 1 aliphatic carbocycles. The van der Waals surface area contributed by atoms with Crippen molar-refractivity contribution in [2.75, 3.05) is 18.6 Å². The van der Waals surface area contributed by atoms with E-state index in [4.69, 9.17) is 0 Å². The lowest BCUT2D eigenvalue weighted by atomic mass is 9.74. The number of sulfone groups is 1. The first-order valence-corrected chi connectivity index (χ1v) is 7.35. The van der Waals surface area contributed by atoms with Crippen LogP contribution in [0.3, 0.4) is 0 Å². The predicted molar refractivity (Wildman–Crippen MR) is 59.1 cm³/mol. The maximum absolute atomic E-state index is 10.9. The van der Waals surface area contributed by atoms with Crippen LogP contribution in [0.1, 0.15) is 26.7 Å². The van der Waals surface area contributed by atoms with Crippen LogP contribution in [0.25, 0.3) is 0 Å². The lowest BCUT2D eigenvalue weighted by molar-refractivity contribution is 0.171. The zero-order valence-electron chi connectivity index (χ0n) is 9.29. The third-order valence-electron chi connectivity index (χ3n) is 3.02. The Morgan fingerprint density at radius 2 is 1.93 bits per heavy atom. The van der Waals surface area contributed by atoms with Crippen molar-refractivity contribution in [3.8, 4) is 0 Å². The van der Waals surface area contributed by atoms with Crippen LogP contribution in [0.5, 0.6) is 0 Å². The van der Waals surface area contributed by atoms with Gasteiger partial charge in [0.2, 0.25) is 0 Å². The summed E-state index contributed by atoms with van der Waals surface area (Å²) in [7, 11) is -2.80. The van der Waals surface area contributed by atoms with Crippen molar-refractivity contribution in [1.29, 1.82) is 0 Å². The quantitative estimate of drug-likeness (QED) is 0.752. The number of rotatable bonds is 5. The van der Waals surface area contributed by atoms with Gasteiger partial charge in [-0.05, 0) is 24.7 Å². The van der Waals surface area contributed by atoms with E-state index in [2.05, 4.69) is 19.2 Å². The summed E-state index contributed by atoms with van der Waals surface area (Å²) in [5.41, 5.74) is 0. The molecule has 0 radical (unpaired) electrons. The zero-order chi connectivity index (χ0) is 10.8. The van der Waals surface area contributed by atoms with E-state index in [0.29, 0.717) is 12.6 Å². The van der Waals surface area contributed by atoms with Crippen LogP contribution in [-0.4, -0.2) is 33.0 Å². The molecule has 4 heteroatoms. The summed E-state index contributed by atoms with van der Waals surface area (Å²) in [6.07, 6.45) is 3.70. The molecule has 1 rings (SSSR count). The third-order valence-corrected chi connectivity index (χ3v) is 3.97. The van der Waals surface area contributed by atoms with Crippen LogP contribution in [-0.2, 0) is 9.84 Å². The summed E-state index contributed by atoms with van der Waals surface area (Å²) in [5.74, 6) is 1.87. The fourth-order valence-electron chi connectivity index (χ4n) is 1.82. The Labute approximate surface area is 87.2 Å². The molecule has 1 fully saturated rings. The minimum Gasteiger partial charge on any atom is -0.313 e. The fourth-order valence-corrected chi connectivity index (χ4v) is 2.31. The minimum absolute atomic E-state index is 0.260. The van der Waals surface area contributed by atoms with Crippen LogP contribution in [0.15, 0.2) is 0 Å². The minimum atomic E-state index is -2.80. The van der Waals surface area contributed by atoms with Crippen molar-refractivity contribution in [2.45, 2.75) is 32.7 Å². The lowest BCUT2D eigenvalue weighted by Crippen LogP contribution is -2.44. The fraction of sp³-hybridized carbons (Fsp3) is 1.00. The third kappa shape index (κ3) is 3.96. The zero-order valence-corrected chi connectivity index (χ0v) is 10.1. The maximum atomic E-state index is 10.9. The molecule has 1 N–H and O–H groups in total. The average molecular weight is 219 g/mol. The molecule has 84 valence electrons. The van der Waals surface area contributed by atoms with E-state index in [1.807, 2.05) is 0 Å². The number of nitrogens with one attached hydrogen (secondary N) is 1. The van der Waals surface area contributed by atoms with Crippen molar-refractivity contribution < 1.29 is 8.42 Å². The van der Waals surface area contributed by atoms with Gasteiger partial charge >= 0.3 is 0 Å². The molecule has 0 unspecified atom stereocenters. The summed E-state index contributed by atoms with van der Waals surface area (Å²) < 4.78 is 21.7. The highest BCUT2D eigenvalue weighted by molar-refractivity contribution is 7.90. The Morgan fingerprint density at radius 1 is 1.36 bits per heavy atom. The Balaban J connectivity index is 2.07. The molecule has 0 bridgehead atoms. The summed E-state index contributed by atoms with van der Waals surface area (Å²) >= 11 is 0. The molecule has 0 amide bonds. The Morgan fingerprint density at radius 3 is 2.36 bits per heavy atom. The molecule has 0 atom stereocenters. The molecule has 0 aliphatic heterocycles. The monoisotopic (exact) mass is 219 g/mol. The van der Waals surface area contributed by atoms with E-state index >= 15 is 0 Å². The van der Waals surface area contributed by atoms with Crippen LogP contribution in [0.4, 0.5) is 0 Å². The van der Waals surface area contributed by atoms with Crippen LogP contribution < -0.4 is 5.32 Å². The Hall–Kier alpha value is -0.0900. The second-order valence-corrected chi connectivity index (χ2v) is 7.02. The van der Waals surface area contributed by atoms with Gasteiger partial charge in [0.05, 0.1) is 5.75 Å². The normalized spacial score (nSPS) is 27.7. The van der Waals surface area contributed by atoms with Gasteiger partial charge in [-0.2, -0.15) is 0 Å². The summed E-state index contributed by atoms with van der Waals surface area (Å²) in [6, 6.07) is 0.559. The van der Waals surface area contributed by atoms with Gasteiger partial charge in [0.25, 0.3) is 0 Å². The van der Waals surface area contributed by atoms with Crippen molar-refractivity contribution in [3.63, 3.8) is 0 Å². The van der Waals surface area contributed by atoms with Gasteiger partial charge in [0, 0.05) is 18.8 Å². The highest BCUT2D eigenvalue weighted by Gasteiger charge is 2.30. The largest absolute Gasteiger partial charge is 0.313 e. The lowest BCUT2D eigenvalue weighted by Gasteiger charge is -2.38. The molecule has 0 aromatic rings. The Bertz CT molecular complexity index is 266. The molecular formula is C10H21NO2S. The second-order valence-electron chi connectivity index (χ2n) is 4.76. The van der Waals surface area contributed by atoms with Crippen molar-refractivity contribution in [2.24, 2.45) is 11.8 Å². The molecule has 0 spiro atoms. The van der Waals surface area contributed by atoms with Crippen LogP contribution in [0.2, 0.25) is 0 Å². The van der Waals surface area contributed by atoms with E-state index in [1.165, 1.54) is 19.1 Å². The molecule has 1 saturated carbocycles. The summed E-state index contributed by atoms with van der Waals surface area (Å²) in [5, 5.41) is 3.28. The van der Waals surface area contributed by atoms with E-state index in [0.717, 1.165) is 11.8 Å². The standard InChI is InChI=1S/C10H21NO2S/c1-8(2)9-6-10(7-9)11-4-5-14(3,12)13/h8-11H,4-7H2,1-3H3. The van der Waals surface area contributed by atoms with Gasteiger partial charge in [-0.3, -0.25) is 0 Å². The van der Waals surface area contributed by atoms with E-state index in [9.17, 15) is 8.42 Å². The number of hydrogen-bond donors (Lipinski definition) is 1. The van der Waals surface area contributed by atoms with Gasteiger partial charge in [0.15, 0.2) is 0 Å². The van der Waals surface area contributed by atoms with Crippen molar-refractivity contribution in [1.82, 2.24) is 5.32 Å². The average Bonchev–Trinajstić information content (AvgIpc) is 1.90. The first-order chi connectivity index (χ1) is 6.38. The smallest absolute Gasteiger partial charge is 0.148 e. The van der Waals surface area contributed by atoms with Crippen LogP contribution in [0, 0.1) is 11.8 Å². The molecule has 1 aliphatic rings. The van der Waals surface area contributed by atoms with Crippen LogP contribution >= 0.6 is 0 Å². The van der Waals surface area contributed by atoms with E-state index < -0.39 is 9.84 Å². The maximum Gasteiger partial charge on any atom is 0.148 e. The van der Waals surface area contributed by atoms with E-state index in [1.54, 1.807) is 0 Å². The summed E-state index contributed by atoms with van der Waals surface area (Å²) in [4.78, 5) is 0. The second kappa shape index (κ2) is 4.62. The highest BCUT2D eigenvalue weighted by Crippen LogP contribution is 2.33. The molecule has 3 nitrogen and oxygen atoms in total. The first kappa shape index (κ1) is 12.0. The SMILES string of the molecule is CC(C)C1CC(NCCS(C)(=O)=O)C1. The predicted octanol–water partition coefficient (Wildman–Crippen LogP) is 1.06. The topological polar surface area (TPSA) is 46.2 Å². The molecule has 0 heterocycles. The van der Waals surface area contributed by atoms with Gasteiger partial charge in [-0.1, -0.05) is 13.8 Å². The molecule has 0 aromatic carbocycles. The van der Waals surface area contributed by atoms with Gasteiger partial charge in [0.1, 0.15) is 9.84 Å². The van der Waals surface area contributed by atoms with Crippen molar-refractivity contribution in [3.05, 3.63) is 0 Å². The van der Waals surface area contributed by atoms with E-state index in [-0.39, 0.29) is 5.75 Å². The van der Waals surface area contributed by atoms with Gasteiger partial charge < -0.3 is 5.32 Å². The molecule has 0 aromatic heterocycles. The van der Waals surface area contributed by atoms with Gasteiger partial charge in [-0.15, -0.1) is 0 Å². The van der Waals surface area contributed by atoms with Crippen molar-refractivity contribution >= 4 is 9.84 Å². The molecular weight excluding hydrogens is 198 g/mol. The van der Waals surface area contributed by atoms with Gasteiger partial charge in [-0.25, -0.2) is 8.42 Å².